The van der Waals surface area contributed by atoms with Gasteiger partial charge in [-0.05, 0) is 66.2 Å². The van der Waals surface area contributed by atoms with E-state index in [-0.39, 0.29) is 23.8 Å². The summed E-state index contributed by atoms with van der Waals surface area (Å²) in [6.45, 7) is 0.291. The van der Waals surface area contributed by atoms with E-state index in [0.29, 0.717) is 34.6 Å². The van der Waals surface area contributed by atoms with Gasteiger partial charge in [0.15, 0.2) is 5.17 Å². The molecule has 3 aromatic rings. The van der Waals surface area contributed by atoms with Crippen LogP contribution in [-0.4, -0.2) is 52.4 Å². The van der Waals surface area contributed by atoms with Gasteiger partial charge in [0.1, 0.15) is 16.7 Å². The number of amidine groups is 1. The van der Waals surface area contributed by atoms with Gasteiger partial charge in [0, 0.05) is 12.1 Å². The highest BCUT2D eigenvalue weighted by Crippen LogP contribution is 2.33. The number of carbonyl (C=O) groups is 3. The molecule has 0 radical (unpaired) electrons. The molecule has 37 heavy (non-hydrogen) atoms. The van der Waals surface area contributed by atoms with E-state index >= 15 is 0 Å². The Labute approximate surface area is 218 Å². The standard InChI is InChI=1S/C27H25N3O6S/c1-35-21-11-3-17(4-12-21)16-30-25(32)23(37-27(30)29-20-9-13-22(36-2)14-10-20)15-24(31)28-19-7-5-18(6-8-19)26(33)34/h3-14,23H,15-16H2,1-2H3,(H,28,31)(H,33,34)/t23-/m0/s1. The molecule has 1 atom stereocenters. The van der Waals surface area contributed by atoms with Gasteiger partial charge in [-0.2, -0.15) is 0 Å². The predicted molar refractivity (Wildman–Crippen MR) is 142 cm³/mol. The van der Waals surface area contributed by atoms with Gasteiger partial charge in [0.2, 0.25) is 11.8 Å². The van der Waals surface area contributed by atoms with Gasteiger partial charge in [-0.1, -0.05) is 23.9 Å². The maximum absolute atomic E-state index is 13.4. The summed E-state index contributed by atoms with van der Waals surface area (Å²) in [5, 5.41) is 11.6. The minimum Gasteiger partial charge on any atom is -0.497 e. The molecule has 9 nitrogen and oxygen atoms in total. The molecule has 2 N–H and O–H groups in total. The van der Waals surface area contributed by atoms with Crippen molar-refractivity contribution in [1.82, 2.24) is 4.90 Å². The lowest BCUT2D eigenvalue weighted by Gasteiger charge is -2.17. The smallest absolute Gasteiger partial charge is 0.335 e. The van der Waals surface area contributed by atoms with E-state index in [9.17, 15) is 14.4 Å². The zero-order valence-electron chi connectivity index (χ0n) is 20.2. The minimum absolute atomic E-state index is 0.0646. The van der Waals surface area contributed by atoms with Crippen molar-refractivity contribution in [3.63, 3.8) is 0 Å². The zero-order valence-corrected chi connectivity index (χ0v) is 21.0. The maximum atomic E-state index is 13.4. The van der Waals surface area contributed by atoms with Crippen LogP contribution in [0.1, 0.15) is 22.3 Å². The number of methoxy groups -OCH3 is 2. The van der Waals surface area contributed by atoms with E-state index in [1.54, 1.807) is 43.4 Å². The van der Waals surface area contributed by atoms with Gasteiger partial charge in [-0.25, -0.2) is 9.79 Å². The van der Waals surface area contributed by atoms with Gasteiger partial charge in [-0.3, -0.25) is 14.5 Å². The second-order valence-electron chi connectivity index (χ2n) is 8.11. The molecule has 10 heteroatoms. The third-order valence-electron chi connectivity index (χ3n) is 5.60. The fourth-order valence-electron chi connectivity index (χ4n) is 3.63. The number of amides is 2. The highest BCUT2D eigenvalue weighted by Gasteiger charge is 2.39. The van der Waals surface area contributed by atoms with Crippen molar-refractivity contribution in [3.8, 4) is 11.5 Å². The fraction of sp³-hybridized carbons (Fsp3) is 0.185. The number of nitrogens with zero attached hydrogens (tertiary/aromatic N) is 2. The summed E-state index contributed by atoms with van der Waals surface area (Å²) in [7, 11) is 3.17. The fourth-order valence-corrected chi connectivity index (χ4v) is 4.78. The third kappa shape index (κ3) is 6.47. The van der Waals surface area contributed by atoms with Crippen molar-refractivity contribution < 1.29 is 29.0 Å². The lowest BCUT2D eigenvalue weighted by Crippen LogP contribution is -2.33. The van der Waals surface area contributed by atoms with Crippen molar-refractivity contribution >= 4 is 46.1 Å². The number of rotatable bonds is 9. The molecule has 2 amide bonds. The number of aliphatic imine (C=N–C) groups is 1. The number of thioether (sulfide) groups is 1. The van der Waals surface area contributed by atoms with Gasteiger partial charge in [-0.15, -0.1) is 0 Å². The van der Waals surface area contributed by atoms with Crippen LogP contribution in [0.5, 0.6) is 11.5 Å². The normalized spacial score (nSPS) is 16.1. The number of ether oxygens (including phenoxy) is 2. The van der Waals surface area contributed by atoms with Crippen LogP contribution in [0.2, 0.25) is 0 Å². The summed E-state index contributed by atoms with van der Waals surface area (Å²) in [6, 6.07) is 20.4. The van der Waals surface area contributed by atoms with E-state index in [2.05, 4.69) is 10.3 Å². The first-order valence-corrected chi connectivity index (χ1v) is 12.2. The molecule has 0 unspecified atom stereocenters. The molecular weight excluding hydrogens is 494 g/mol. The molecule has 0 saturated carbocycles. The van der Waals surface area contributed by atoms with E-state index in [4.69, 9.17) is 14.6 Å². The number of carbonyl (C=O) groups excluding carboxylic acids is 2. The molecule has 190 valence electrons. The third-order valence-corrected chi connectivity index (χ3v) is 6.78. The number of hydrogen-bond donors (Lipinski definition) is 2. The van der Waals surface area contributed by atoms with Crippen LogP contribution in [0, 0.1) is 0 Å². The largest absolute Gasteiger partial charge is 0.497 e. The quantitative estimate of drug-likeness (QED) is 0.425. The average molecular weight is 520 g/mol. The number of benzene rings is 3. The van der Waals surface area contributed by atoms with Gasteiger partial charge >= 0.3 is 5.97 Å². The number of hydrogen-bond acceptors (Lipinski definition) is 7. The van der Waals surface area contributed by atoms with Crippen LogP contribution in [0.4, 0.5) is 11.4 Å². The molecule has 0 aromatic heterocycles. The molecule has 4 rings (SSSR count). The van der Waals surface area contributed by atoms with E-state index in [0.717, 1.165) is 5.56 Å². The average Bonchev–Trinajstić information content (AvgIpc) is 3.18. The second kappa shape index (κ2) is 11.6. The Kier molecular flexibility index (Phi) is 8.09. The summed E-state index contributed by atoms with van der Waals surface area (Å²) < 4.78 is 10.4. The first kappa shape index (κ1) is 25.8. The Morgan fingerprint density at radius 2 is 1.54 bits per heavy atom. The second-order valence-corrected chi connectivity index (χ2v) is 9.28. The van der Waals surface area contributed by atoms with Crippen molar-refractivity contribution in [2.24, 2.45) is 4.99 Å². The molecule has 1 aliphatic rings. The molecule has 1 saturated heterocycles. The number of carboxylic acids is 1. The first-order chi connectivity index (χ1) is 17.9. The molecule has 0 spiro atoms. The predicted octanol–water partition coefficient (Wildman–Crippen LogP) is 4.56. The van der Waals surface area contributed by atoms with Crippen LogP contribution in [0.25, 0.3) is 0 Å². The number of anilines is 1. The number of nitrogens with one attached hydrogen (secondary N) is 1. The molecule has 3 aromatic carbocycles. The first-order valence-electron chi connectivity index (χ1n) is 11.3. The van der Waals surface area contributed by atoms with Crippen molar-refractivity contribution in [1.29, 1.82) is 0 Å². The Hall–Kier alpha value is -4.31. The Bertz CT molecular complexity index is 1310. The molecule has 1 fully saturated rings. The van der Waals surface area contributed by atoms with Gasteiger partial charge in [0.25, 0.3) is 0 Å². The van der Waals surface area contributed by atoms with Crippen molar-refractivity contribution in [2.75, 3.05) is 19.5 Å². The van der Waals surface area contributed by atoms with Crippen LogP contribution in [0.3, 0.4) is 0 Å². The molecule has 0 bridgehead atoms. The van der Waals surface area contributed by atoms with Crippen molar-refractivity contribution in [3.05, 3.63) is 83.9 Å². The number of aromatic carboxylic acids is 1. The Morgan fingerprint density at radius 3 is 2.11 bits per heavy atom. The summed E-state index contributed by atoms with van der Waals surface area (Å²) in [4.78, 5) is 43.4. The summed E-state index contributed by atoms with van der Waals surface area (Å²) in [5.41, 5.74) is 2.11. The van der Waals surface area contributed by atoms with Crippen molar-refractivity contribution in [2.45, 2.75) is 18.2 Å². The van der Waals surface area contributed by atoms with Gasteiger partial charge < -0.3 is 19.9 Å². The topological polar surface area (TPSA) is 118 Å². The summed E-state index contributed by atoms with van der Waals surface area (Å²) in [5.74, 6) is -0.219. The maximum Gasteiger partial charge on any atom is 0.335 e. The highest BCUT2D eigenvalue weighted by atomic mass is 32.2. The van der Waals surface area contributed by atoms with Crippen LogP contribution in [-0.2, 0) is 16.1 Å². The van der Waals surface area contributed by atoms with Gasteiger partial charge in [0.05, 0.1) is 32.0 Å². The SMILES string of the molecule is COc1ccc(CN2C(=O)[C@H](CC(=O)Nc3ccc(C(=O)O)cc3)SC2=Nc2ccc(OC)cc2)cc1. The lowest BCUT2D eigenvalue weighted by molar-refractivity contribution is -0.128. The minimum atomic E-state index is -1.05. The van der Waals surface area contributed by atoms with E-state index < -0.39 is 11.2 Å². The monoisotopic (exact) mass is 519 g/mol. The molecule has 1 heterocycles. The molecular formula is C27H25N3O6S. The Balaban J connectivity index is 1.52. The lowest BCUT2D eigenvalue weighted by atomic mass is 10.2. The zero-order chi connectivity index (χ0) is 26.4. The molecule has 0 aliphatic carbocycles. The van der Waals surface area contributed by atoms with Crippen LogP contribution in [0.15, 0.2) is 77.8 Å². The van der Waals surface area contributed by atoms with E-state index in [1.807, 2.05) is 24.3 Å². The summed E-state index contributed by atoms with van der Waals surface area (Å²) >= 11 is 1.24. The Morgan fingerprint density at radius 1 is 0.946 bits per heavy atom. The molecule has 1 aliphatic heterocycles. The summed E-state index contributed by atoms with van der Waals surface area (Å²) in [6.07, 6.45) is -0.0646. The number of carboxylic acid groups (broad SMARTS) is 1. The van der Waals surface area contributed by atoms with E-state index in [1.165, 1.54) is 36.0 Å². The highest BCUT2D eigenvalue weighted by molar-refractivity contribution is 8.15. The van der Waals surface area contributed by atoms with Crippen LogP contribution >= 0.6 is 11.8 Å². The van der Waals surface area contributed by atoms with Crippen LogP contribution < -0.4 is 14.8 Å².